The Morgan fingerprint density at radius 3 is 2.50 bits per heavy atom. The second kappa shape index (κ2) is 7.25. The van der Waals surface area contributed by atoms with Crippen molar-refractivity contribution in [1.82, 2.24) is 10.2 Å². The molecular weight excluding hydrogens is 406 g/mol. The fourth-order valence-electron chi connectivity index (χ4n) is 5.77. The highest BCUT2D eigenvalue weighted by Crippen LogP contribution is 2.54. The Kier molecular flexibility index (Phi) is 4.72. The third-order valence-corrected chi connectivity index (χ3v) is 7.18. The number of hydrogen-bond donors (Lipinski definition) is 3. The Labute approximate surface area is 186 Å². The number of rotatable bonds is 4. The van der Waals surface area contributed by atoms with Crippen molar-refractivity contribution < 1.29 is 19.5 Å². The molecule has 1 spiro atoms. The lowest BCUT2D eigenvalue weighted by molar-refractivity contribution is -0.143. The van der Waals surface area contributed by atoms with Gasteiger partial charge in [0, 0.05) is 23.8 Å². The van der Waals surface area contributed by atoms with E-state index in [0.29, 0.717) is 17.7 Å². The zero-order valence-electron chi connectivity index (χ0n) is 18.4. The zero-order chi connectivity index (χ0) is 22.8. The molecule has 32 heavy (non-hydrogen) atoms. The molecule has 0 aliphatic carbocycles. The molecule has 2 aromatic rings. The Hall–Kier alpha value is -3.03. The number of anilines is 1. The highest BCUT2D eigenvalue weighted by Gasteiger charge is 2.71. The molecule has 2 saturated heterocycles. The molecule has 3 N–H and O–H groups in total. The summed E-state index contributed by atoms with van der Waals surface area (Å²) in [4.78, 5) is 41.8. The maximum Gasteiger partial charge on any atom is 0.250 e. The summed E-state index contributed by atoms with van der Waals surface area (Å²) in [6.45, 7) is 5.69. The van der Waals surface area contributed by atoms with Crippen LogP contribution in [0.4, 0.5) is 5.69 Å². The molecule has 0 aromatic heterocycles. The number of imide groups is 1. The number of hydrogen-bond acceptors (Lipinski definition) is 5. The van der Waals surface area contributed by atoms with Gasteiger partial charge in [-0.1, -0.05) is 48.0 Å². The summed E-state index contributed by atoms with van der Waals surface area (Å²) in [7, 11) is 0. The Bertz CT molecular complexity index is 1130. The van der Waals surface area contributed by atoms with Crippen molar-refractivity contribution in [3.8, 4) is 0 Å². The van der Waals surface area contributed by atoms with Gasteiger partial charge in [-0.3, -0.25) is 24.6 Å². The van der Waals surface area contributed by atoms with Gasteiger partial charge in [0.05, 0.1) is 17.9 Å². The van der Waals surface area contributed by atoms with Crippen molar-refractivity contribution in [3.63, 3.8) is 0 Å². The van der Waals surface area contributed by atoms with E-state index in [2.05, 4.69) is 10.6 Å². The monoisotopic (exact) mass is 433 g/mol. The number of carbonyl (C=O) groups excluding carboxylic acids is 3. The minimum Gasteiger partial charge on any atom is -0.392 e. The number of carbonyl (C=O) groups is 3. The highest BCUT2D eigenvalue weighted by atomic mass is 16.3. The first-order chi connectivity index (χ1) is 15.3. The number of aliphatic hydroxyl groups is 1. The number of nitrogens with zero attached hydrogens (tertiary/aromatic N) is 1. The fourth-order valence-corrected chi connectivity index (χ4v) is 5.77. The van der Waals surface area contributed by atoms with Crippen molar-refractivity contribution in [2.24, 2.45) is 11.8 Å². The van der Waals surface area contributed by atoms with Gasteiger partial charge in [0.1, 0.15) is 5.54 Å². The summed E-state index contributed by atoms with van der Waals surface area (Å²) in [5.74, 6) is -2.71. The lowest BCUT2D eigenvalue weighted by atomic mass is 9.75. The fraction of sp³-hybridized carbons (Fsp3) is 0.400. The number of aliphatic hydroxyl groups excluding tert-OH is 1. The van der Waals surface area contributed by atoms with Crippen LogP contribution in [0.3, 0.4) is 0 Å². The van der Waals surface area contributed by atoms with E-state index in [4.69, 9.17) is 0 Å². The topological polar surface area (TPSA) is 98.7 Å². The predicted molar refractivity (Wildman–Crippen MR) is 119 cm³/mol. The van der Waals surface area contributed by atoms with Gasteiger partial charge in [-0.15, -0.1) is 0 Å². The maximum absolute atomic E-state index is 13.7. The van der Waals surface area contributed by atoms with Gasteiger partial charge in [-0.25, -0.2) is 0 Å². The van der Waals surface area contributed by atoms with E-state index in [0.717, 1.165) is 16.7 Å². The minimum absolute atomic E-state index is 0.249. The average Bonchev–Trinajstić information content (AvgIpc) is 3.34. The summed E-state index contributed by atoms with van der Waals surface area (Å²) < 4.78 is 0. The summed E-state index contributed by atoms with van der Waals surface area (Å²) in [5, 5.41) is 16.7. The zero-order valence-corrected chi connectivity index (χ0v) is 18.4. The van der Waals surface area contributed by atoms with Gasteiger partial charge in [0.2, 0.25) is 17.7 Å². The molecule has 5 rings (SSSR count). The van der Waals surface area contributed by atoms with E-state index in [-0.39, 0.29) is 24.3 Å². The molecule has 0 bridgehead atoms. The van der Waals surface area contributed by atoms with Gasteiger partial charge in [-0.2, -0.15) is 0 Å². The largest absolute Gasteiger partial charge is 0.392 e. The van der Waals surface area contributed by atoms with E-state index in [1.807, 2.05) is 56.3 Å². The molecule has 3 heterocycles. The average molecular weight is 434 g/mol. The predicted octanol–water partition coefficient (Wildman–Crippen LogP) is 1.65. The third-order valence-electron chi connectivity index (χ3n) is 7.18. The van der Waals surface area contributed by atoms with Crippen molar-refractivity contribution in [2.45, 2.75) is 44.9 Å². The van der Waals surface area contributed by atoms with Gasteiger partial charge >= 0.3 is 0 Å². The molecule has 0 unspecified atom stereocenters. The van der Waals surface area contributed by atoms with E-state index in [1.54, 1.807) is 6.92 Å². The SMILES string of the molecule is Cc1cc(C)c2c(c1)[C@@]1(N[C@@H]([C@@H](C)O)[C@H]3C(=O)N(CCc4ccccc4)C(=O)[C@H]31)C(=O)N2. The van der Waals surface area contributed by atoms with Crippen molar-refractivity contribution in [1.29, 1.82) is 0 Å². The van der Waals surface area contributed by atoms with Crippen LogP contribution in [-0.4, -0.2) is 46.4 Å². The van der Waals surface area contributed by atoms with Crippen LogP contribution in [0.15, 0.2) is 42.5 Å². The lowest BCUT2D eigenvalue weighted by Gasteiger charge is -2.30. The van der Waals surface area contributed by atoms with Gasteiger partial charge in [0.15, 0.2) is 0 Å². The Balaban J connectivity index is 1.58. The number of nitrogens with one attached hydrogen (secondary N) is 2. The first-order valence-electron chi connectivity index (χ1n) is 11.0. The van der Waals surface area contributed by atoms with Crippen molar-refractivity contribution in [3.05, 3.63) is 64.7 Å². The van der Waals surface area contributed by atoms with Crippen LogP contribution in [0.5, 0.6) is 0 Å². The summed E-state index contributed by atoms with van der Waals surface area (Å²) in [6.07, 6.45) is -0.367. The molecule has 166 valence electrons. The van der Waals surface area contributed by atoms with Crippen molar-refractivity contribution in [2.75, 3.05) is 11.9 Å². The van der Waals surface area contributed by atoms with Gasteiger partial charge < -0.3 is 10.4 Å². The molecule has 2 aromatic carbocycles. The van der Waals surface area contributed by atoms with Crippen LogP contribution in [-0.2, 0) is 26.3 Å². The molecule has 3 aliphatic heterocycles. The molecule has 3 amide bonds. The highest BCUT2D eigenvalue weighted by molar-refractivity contribution is 6.15. The quantitative estimate of drug-likeness (QED) is 0.637. The molecule has 5 atom stereocenters. The number of benzene rings is 2. The van der Waals surface area contributed by atoms with Crippen molar-refractivity contribution >= 4 is 23.4 Å². The van der Waals surface area contributed by atoms with E-state index >= 15 is 0 Å². The van der Waals surface area contributed by atoms with E-state index < -0.39 is 29.5 Å². The molecule has 7 heteroatoms. The van der Waals surface area contributed by atoms with Crippen LogP contribution in [0.25, 0.3) is 0 Å². The van der Waals surface area contributed by atoms with E-state index in [9.17, 15) is 19.5 Å². The second-order valence-corrected chi connectivity index (χ2v) is 9.24. The van der Waals surface area contributed by atoms with Crippen LogP contribution >= 0.6 is 0 Å². The second-order valence-electron chi connectivity index (χ2n) is 9.24. The number of aryl methyl sites for hydroxylation is 2. The Morgan fingerprint density at radius 2 is 1.81 bits per heavy atom. The Morgan fingerprint density at radius 1 is 1.09 bits per heavy atom. The number of likely N-dealkylation sites (tertiary alicyclic amines) is 1. The summed E-state index contributed by atoms with van der Waals surface area (Å²) >= 11 is 0. The van der Waals surface area contributed by atoms with Crippen LogP contribution in [0.2, 0.25) is 0 Å². The number of amides is 3. The smallest absolute Gasteiger partial charge is 0.250 e. The number of fused-ring (bicyclic) bond motifs is 4. The van der Waals surface area contributed by atoms with Crippen LogP contribution < -0.4 is 10.6 Å². The molecule has 0 radical (unpaired) electrons. The first-order valence-corrected chi connectivity index (χ1v) is 11.0. The van der Waals surface area contributed by atoms with E-state index in [1.165, 1.54) is 4.90 Å². The van der Waals surface area contributed by atoms with Crippen LogP contribution in [0, 0.1) is 25.7 Å². The van der Waals surface area contributed by atoms with Gasteiger partial charge in [-0.05, 0) is 38.3 Å². The molecule has 2 fully saturated rings. The standard InChI is InChI=1S/C25H27N3O4/c1-13-11-14(2)20-17(12-13)25(24(32)26-20)19-18(21(27-25)15(3)29)22(30)28(23(19)31)10-9-16-7-5-4-6-8-16/h4-8,11-12,15,18-19,21,27,29H,9-10H2,1-3H3,(H,26,32)/t15-,18+,19+,21+,25+/m1/s1. The minimum atomic E-state index is -1.37. The maximum atomic E-state index is 13.7. The first kappa shape index (κ1) is 20.8. The molecule has 3 aliphatic rings. The third kappa shape index (κ3) is 2.77. The molecule has 7 nitrogen and oxygen atoms in total. The van der Waals surface area contributed by atoms with Gasteiger partial charge in [0.25, 0.3) is 0 Å². The lowest BCUT2D eigenvalue weighted by Crippen LogP contribution is -2.55. The molecule has 0 saturated carbocycles. The molecular formula is C25H27N3O4. The normalized spacial score (nSPS) is 29.4. The summed E-state index contributed by atoms with van der Waals surface area (Å²) in [5.41, 5.74) is 2.90. The van der Waals surface area contributed by atoms with Crippen LogP contribution in [0.1, 0.15) is 29.2 Å². The summed E-state index contributed by atoms with van der Waals surface area (Å²) in [6, 6.07) is 12.9.